The molecule has 2 aromatic rings. The average molecular weight is 329 g/mol. The van der Waals surface area contributed by atoms with Crippen molar-refractivity contribution in [1.82, 2.24) is 14.9 Å². The molecule has 0 saturated carbocycles. The van der Waals surface area contributed by atoms with Crippen molar-refractivity contribution in [1.29, 1.82) is 0 Å². The number of aromatic nitrogens is 2. The van der Waals surface area contributed by atoms with Crippen LogP contribution in [0.25, 0.3) is 0 Å². The first-order valence-electron chi connectivity index (χ1n) is 8.32. The summed E-state index contributed by atoms with van der Waals surface area (Å²) in [5, 5.41) is 3.29. The van der Waals surface area contributed by atoms with Crippen molar-refractivity contribution in [3.63, 3.8) is 0 Å². The minimum atomic E-state index is 0.277. The molecule has 0 aromatic carbocycles. The Balaban J connectivity index is 1.49. The Morgan fingerprint density at radius 3 is 3.09 bits per heavy atom. The number of hydrogen-bond acceptors (Lipinski definition) is 4. The van der Waals surface area contributed by atoms with E-state index in [-0.39, 0.29) is 5.91 Å². The van der Waals surface area contributed by atoms with E-state index in [1.165, 1.54) is 5.01 Å². The number of nitrogens with zero attached hydrogens (tertiary/aromatic N) is 3. The van der Waals surface area contributed by atoms with Crippen LogP contribution in [0, 0.1) is 6.92 Å². The maximum atomic E-state index is 12.5. The molecular weight excluding hydrogens is 306 g/mol. The zero-order valence-corrected chi connectivity index (χ0v) is 14.4. The number of carbonyl (C=O) groups excluding carboxylic acids is 1. The summed E-state index contributed by atoms with van der Waals surface area (Å²) in [5.41, 5.74) is 2.15. The lowest BCUT2D eigenvalue weighted by Gasteiger charge is -2.32. The van der Waals surface area contributed by atoms with Gasteiger partial charge < -0.3 is 4.90 Å². The standard InChI is InChI=1S/C18H23N3OS/c1-14-13-23-18(20-14)15-6-5-11-21(12-15)17(22)9-4-8-16-7-2-3-10-19-16/h2-3,7,10,13,15H,4-6,8-9,11-12H2,1H3/t15-/m0/s1. The molecule has 1 amide bonds. The summed E-state index contributed by atoms with van der Waals surface area (Å²) in [6.07, 6.45) is 6.38. The van der Waals surface area contributed by atoms with Crippen LogP contribution < -0.4 is 0 Å². The third kappa shape index (κ3) is 4.38. The summed E-state index contributed by atoms with van der Waals surface area (Å²) in [6.45, 7) is 3.75. The molecule has 0 N–H and O–H groups in total. The molecule has 0 aliphatic carbocycles. The molecule has 1 aliphatic heterocycles. The number of amides is 1. The molecule has 4 nitrogen and oxygen atoms in total. The minimum Gasteiger partial charge on any atom is -0.342 e. The summed E-state index contributed by atoms with van der Waals surface area (Å²) < 4.78 is 0. The molecule has 5 heteroatoms. The van der Waals surface area contributed by atoms with Crippen LogP contribution in [0.2, 0.25) is 0 Å². The van der Waals surface area contributed by atoms with Gasteiger partial charge in [-0.25, -0.2) is 4.98 Å². The fourth-order valence-corrected chi connectivity index (χ4v) is 4.02. The highest BCUT2D eigenvalue weighted by molar-refractivity contribution is 7.09. The fourth-order valence-electron chi connectivity index (χ4n) is 3.09. The molecule has 3 rings (SSSR count). The number of thiazole rings is 1. The smallest absolute Gasteiger partial charge is 0.222 e. The van der Waals surface area contributed by atoms with Gasteiger partial charge in [-0.2, -0.15) is 0 Å². The first-order chi connectivity index (χ1) is 11.2. The maximum absolute atomic E-state index is 12.5. The molecule has 0 bridgehead atoms. The van der Waals surface area contributed by atoms with E-state index in [0.29, 0.717) is 12.3 Å². The Hall–Kier alpha value is -1.75. The number of pyridine rings is 1. The predicted molar refractivity (Wildman–Crippen MR) is 92.6 cm³/mol. The van der Waals surface area contributed by atoms with Crippen molar-refractivity contribution in [2.75, 3.05) is 13.1 Å². The Morgan fingerprint density at radius 2 is 2.35 bits per heavy atom. The first kappa shape index (κ1) is 16.1. The van der Waals surface area contributed by atoms with E-state index in [2.05, 4.69) is 15.3 Å². The van der Waals surface area contributed by atoms with Gasteiger partial charge in [0.25, 0.3) is 0 Å². The van der Waals surface area contributed by atoms with Crippen LogP contribution in [0.4, 0.5) is 0 Å². The van der Waals surface area contributed by atoms with Crippen LogP contribution in [0.1, 0.15) is 48.0 Å². The predicted octanol–water partition coefficient (Wildman–Crippen LogP) is 3.58. The van der Waals surface area contributed by atoms with E-state index in [9.17, 15) is 4.79 Å². The van der Waals surface area contributed by atoms with E-state index < -0.39 is 0 Å². The summed E-state index contributed by atoms with van der Waals surface area (Å²) in [5.74, 6) is 0.695. The first-order valence-corrected chi connectivity index (χ1v) is 9.20. The molecule has 1 saturated heterocycles. The lowest BCUT2D eigenvalue weighted by Crippen LogP contribution is -2.39. The van der Waals surface area contributed by atoms with Crippen LogP contribution in [0.5, 0.6) is 0 Å². The third-order valence-corrected chi connectivity index (χ3v) is 5.43. The second kappa shape index (κ2) is 7.68. The summed E-state index contributed by atoms with van der Waals surface area (Å²) in [6, 6.07) is 5.93. The summed E-state index contributed by atoms with van der Waals surface area (Å²) in [7, 11) is 0. The number of likely N-dealkylation sites (tertiary alicyclic amines) is 1. The van der Waals surface area contributed by atoms with Gasteiger partial charge in [-0.15, -0.1) is 11.3 Å². The van der Waals surface area contributed by atoms with Crippen LogP contribution in [0.15, 0.2) is 29.8 Å². The fraction of sp³-hybridized carbons (Fsp3) is 0.500. The average Bonchev–Trinajstić information content (AvgIpc) is 3.02. The molecule has 1 aliphatic rings. The quantitative estimate of drug-likeness (QED) is 0.842. The molecule has 23 heavy (non-hydrogen) atoms. The number of piperidine rings is 1. The van der Waals surface area contributed by atoms with Gasteiger partial charge in [-0.05, 0) is 44.7 Å². The van der Waals surface area contributed by atoms with Gasteiger partial charge in [-0.1, -0.05) is 6.07 Å². The number of rotatable bonds is 5. The topological polar surface area (TPSA) is 46.1 Å². The Morgan fingerprint density at radius 1 is 1.43 bits per heavy atom. The Kier molecular flexibility index (Phi) is 5.39. The Bertz CT molecular complexity index is 641. The molecule has 3 heterocycles. The highest BCUT2D eigenvalue weighted by Crippen LogP contribution is 2.29. The van der Waals surface area contributed by atoms with Crippen molar-refractivity contribution >= 4 is 17.2 Å². The second-order valence-electron chi connectivity index (χ2n) is 6.18. The zero-order valence-electron chi connectivity index (χ0n) is 13.6. The maximum Gasteiger partial charge on any atom is 0.222 e. The van der Waals surface area contributed by atoms with Gasteiger partial charge in [-0.3, -0.25) is 9.78 Å². The molecule has 2 aromatic heterocycles. The molecule has 1 atom stereocenters. The number of carbonyl (C=O) groups is 1. The van der Waals surface area contributed by atoms with Crippen molar-refractivity contribution in [3.05, 3.63) is 46.2 Å². The van der Waals surface area contributed by atoms with Gasteiger partial charge in [0, 0.05) is 48.4 Å². The number of aryl methyl sites for hydroxylation is 2. The molecular formula is C18H23N3OS. The molecule has 122 valence electrons. The lowest BCUT2D eigenvalue weighted by atomic mass is 9.98. The van der Waals surface area contributed by atoms with E-state index >= 15 is 0 Å². The monoisotopic (exact) mass is 329 g/mol. The van der Waals surface area contributed by atoms with Gasteiger partial charge in [0.1, 0.15) is 0 Å². The van der Waals surface area contributed by atoms with E-state index in [0.717, 1.165) is 50.2 Å². The SMILES string of the molecule is Cc1csc([C@H]2CCCN(C(=O)CCCc3ccccn3)C2)n1. The van der Waals surface area contributed by atoms with E-state index in [1.54, 1.807) is 11.3 Å². The normalized spacial score (nSPS) is 18.1. The lowest BCUT2D eigenvalue weighted by molar-refractivity contribution is -0.132. The summed E-state index contributed by atoms with van der Waals surface area (Å²) >= 11 is 1.73. The molecule has 0 unspecified atom stereocenters. The second-order valence-corrected chi connectivity index (χ2v) is 7.07. The van der Waals surface area contributed by atoms with Crippen molar-refractivity contribution in [2.24, 2.45) is 0 Å². The minimum absolute atomic E-state index is 0.277. The van der Waals surface area contributed by atoms with Crippen molar-refractivity contribution in [2.45, 2.75) is 44.9 Å². The molecule has 0 radical (unpaired) electrons. The van der Waals surface area contributed by atoms with Crippen molar-refractivity contribution in [3.8, 4) is 0 Å². The van der Waals surface area contributed by atoms with Gasteiger partial charge >= 0.3 is 0 Å². The third-order valence-electron chi connectivity index (χ3n) is 4.31. The number of hydrogen-bond donors (Lipinski definition) is 0. The van der Waals surface area contributed by atoms with E-state index in [1.807, 2.05) is 36.2 Å². The molecule has 0 spiro atoms. The van der Waals surface area contributed by atoms with Crippen LogP contribution >= 0.6 is 11.3 Å². The largest absolute Gasteiger partial charge is 0.342 e. The van der Waals surface area contributed by atoms with Gasteiger partial charge in [0.2, 0.25) is 5.91 Å². The van der Waals surface area contributed by atoms with Crippen molar-refractivity contribution < 1.29 is 4.79 Å². The van der Waals surface area contributed by atoms with Crippen LogP contribution in [-0.4, -0.2) is 33.9 Å². The highest BCUT2D eigenvalue weighted by Gasteiger charge is 2.26. The highest BCUT2D eigenvalue weighted by atomic mass is 32.1. The van der Waals surface area contributed by atoms with Gasteiger partial charge in [0.05, 0.1) is 5.01 Å². The van der Waals surface area contributed by atoms with Gasteiger partial charge in [0.15, 0.2) is 0 Å². The van der Waals surface area contributed by atoms with E-state index in [4.69, 9.17) is 0 Å². The van der Waals surface area contributed by atoms with Crippen LogP contribution in [-0.2, 0) is 11.2 Å². The molecule has 1 fully saturated rings. The summed E-state index contributed by atoms with van der Waals surface area (Å²) in [4.78, 5) is 23.4. The van der Waals surface area contributed by atoms with Crippen LogP contribution in [0.3, 0.4) is 0 Å². The zero-order chi connectivity index (χ0) is 16.1. The Labute approximate surface area is 141 Å².